The summed E-state index contributed by atoms with van der Waals surface area (Å²) in [7, 11) is -2.23. The first-order valence-electron chi connectivity index (χ1n) is 11.9. The molecule has 0 aromatic carbocycles. The van der Waals surface area contributed by atoms with Gasteiger partial charge in [0.1, 0.15) is 22.6 Å². The smallest absolute Gasteiger partial charge is 0.303 e. The maximum atomic E-state index is 12.1. The van der Waals surface area contributed by atoms with Crippen molar-refractivity contribution in [2.24, 2.45) is 0 Å². The van der Waals surface area contributed by atoms with Crippen LogP contribution in [0.15, 0.2) is 17.3 Å². The summed E-state index contributed by atoms with van der Waals surface area (Å²) in [4.78, 5) is 36.9. The molecule has 3 heterocycles. The number of aromatic nitrogens is 4. The Bertz CT molecular complexity index is 1040. The molecule has 1 saturated heterocycles. The fourth-order valence-electron chi connectivity index (χ4n) is 5.45. The second kappa shape index (κ2) is 11.0. The fourth-order valence-corrected chi connectivity index (χ4v) is 11.3. The van der Waals surface area contributed by atoms with Crippen LogP contribution in [0.2, 0.25) is 16.6 Å². The number of hydrogen-bond donors (Lipinski definition) is 0. The molecule has 1 aliphatic heterocycles. The normalized spacial score (nSPS) is 23.0. The molecule has 0 spiro atoms. The van der Waals surface area contributed by atoms with E-state index in [0.717, 1.165) is 0 Å². The van der Waals surface area contributed by atoms with Crippen molar-refractivity contribution in [3.05, 3.63) is 17.3 Å². The minimum atomic E-state index is -2.23. The van der Waals surface area contributed by atoms with Gasteiger partial charge in [-0.3, -0.25) is 14.2 Å². The zero-order valence-electron chi connectivity index (χ0n) is 21.5. The third-order valence-corrected chi connectivity index (χ3v) is 13.3. The first kappa shape index (κ1) is 27.7. The molecule has 1 aliphatic rings. The summed E-state index contributed by atoms with van der Waals surface area (Å²) in [6.07, 6.45) is -0.296. The summed E-state index contributed by atoms with van der Waals surface area (Å²) in [6, 6.07) is 0. The first-order chi connectivity index (χ1) is 16.4. The van der Waals surface area contributed by atoms with E-state index in [0.29, 0.717) is 32.4 Å². The van der Waals surface area contributed by atoms with E-state index in [1.165, 1.54) is 20.2 Å². The molecule has 0 saturated carbocycles. The number of ether oxygens (including phenoxy) is 3. The van der Waals surface area contributed by atoms with Crippen molar-refractivity contribution in [1.29, 1.82) is 0 Å². The molecule has 3 rings (SSSR count). The van der Waals surface area contributed by atoms with Crippen LogP contribution in [-0.4, -0.2) is 64.7 Å². The Morgan fingerprint density at radius 2 is 1.57 bits per heavy atom. The second-order valence-corrected chi connectivity index (χ2v) is 16.0. The largest absolute Gasteiger partial charge is 0.456 e. The van der Waals surface area contributed by atoms with E-state index < -0.39 is 44.8 Å². The standard InChI is InChI=1S/C23H35BrN4O6Si/c1-12(2)35(13(3)4,14(5)6)31-9-17-19(32-15(7)29)20(33-16(8)30)23(34-17)28-11-27-18-21(24)25-10-26-22(18)28/h10-14,17,19-20,23H,9H2,1-8H3/t17-,19+,20+,23-/m1/s1. The molecule has 0 bridgehead atoms. The maximum absolute atomic E-state index is 12.1. The average Bonchev–Trinajstić information content (AvgIpc) is 3.30. The maximum Gasteiger partial charge on any atom is 0.303 e. The number of carbonyl (C=O) groups excluding carboxylic acids is 2. The Hall–Kier alpha value is -1.89. The molecule has 0 N–H and O–H groups in total. The number of nitrogens with zero attached hydrogens (tertiary/aromatic N) is 4. The predicted molar refractivity (Wildman–Crippen MR) is 135 cm³/mol. The van der Waals surface area contributed by atoms with Gasteiger partial charge in [0, 0.05) is 13.8 Å². The molecular formula is C23H35BrN4O6Si. The van der Waals surface area contributed by atoms with E-state index in [-0.39, 0.29) is 6.61 Å². The van der Waals surface area contributed by atoms with Gasteiger partial charge in [-0.1, -0.05) is 41.5 Å². The van der Waals surface area contributed by atoms with Crippen molar-refractivity contribution in [1.82, 2.24) is 19.5 Å². The van der Waals surface area contributed by atoms with Gasteiger partial charge in [0.15, 0.2) is 32.4 Å². The Kier molecular flexibility index (Phi) is 8.72. The summed E-state index contributed by atoms with van der Waals surface area (Å²) >= 11 is 3.38. The second-order valence-electron chi connectivity index (χ2n) is 9.83. The number of rotatable bonds is 9. The lowest BCUT2D eigenvalue weighted by Gasteiger charge is -2.42. The Balaban J connectivity index is 2.01. The Labute approximate surface area is 215 Å². The molecule has 35 heavy (non-hydrogen) atoms. The van der Waals surface area contributed by atoms with Crippen molar-refractivity contribution in [3.8, 4) is 0 Å². The van der Waals surface area contributed by atoms with Crippen LogP contribution in [0.25, 0.3) is 11.2 Å². The van der Waals surface area contributed by atoms with Crippen LogP contribution in [0.1, 0.15) is 61.6 Å². The predicted octanol–water partition coefficient (Wildman–Crippen LogP) is 4.54. The monoisotopic (exact) mass is 570 g/mol. The fraction of sp³-hybridized carbons (Fsp3) is 0.696. The third-order valence-electron chi connectivity index (χ3n) is 6.68. The van der Waals surface area contributed by atoms with Crippen LogP contribution in [0.3, 0.4) is 0 Å². The van der Waals surface area contributed by atoms with E-state index >= 15 is 0 Å². The Morgan fingerprint density at radius 3 is 2.11 bits per heavy atom. The Morgan fingerprint density at radius 1 is 1.00 bits per heavy atom. The lowest BCUT2D eigenvalue weighted by atomic mass is 10.1. The lowest BCUT2D eigenvalue weighted by Crippen LogP contribution is -2.50. The van der Waals surface area contributed by atoms with Crippen LogP contribution >= 0.6 is 15.9 Å². The average molecular weight is 572 g/mol. The molecule has 2 aromatic heterocycles. The van der Waals surface area contributed by atoms with Crippen LogP contribution in [0.5, 0.6) is 0 Å². The zero-order valence-corrected chi connectivity index (χ0v) is 24.1. The van der Waals surface area contributed by atoms with Crippen molar-refractivity contribution in [2.75, 3.05) is 6.61 Å². The van der Waals surface area contributed by atoms with Crippen molar-refractivity contribution in [3.63, 3.8) is 0 Å². The van der Waals surface area contributed by atoms with Gasteiger partial charge in [-0.2, -0.15) is 0 Å². The number of carbonyl (C=O) groups is 2. The minimum absolute atomic E-state index is 0.207. The number of fused-ring (bicyclic) bond motifs is 1. The molecule has 0 amide bonds. The molecule has 10 nitrogen and oxygen atoms in total. The van der Waals surface area contributed by atoms with Gasteiger partial charge in [-0.25, -0.2) is 15.0 Å². The molecule has 4 atom stereocenters. The van der Waals surface area contributed by atoms with Gasteiger partial charge in [0.25, 0.3) is 0 Å². The highest BCUT2D eigenvalue weighted by Crippen LogP contribution is 2.44. The van der Waals surface area contributed by atoms with Gasteiger partial charge in [-0.05, 0) is 32.6 Å². The van der Waals surface area contributed by atoms with Crippen molar-refractivity contribution >= 4 is 47.3 Å². The van der Waals surface area contributed by atoms with Crippen molar-refractivity contribution < 1.29 is 28.2 Å². The van der Waals surface area contributed by atoms with Gasteiger partial charge in [-0.15, -0.1) is 0 Å². The van der Waals surface area contributed by atoms with E-state index in [2.05, 4.69) is 72.4 Å². The highest BCUT2D eigenvalue weighted by atomic mass is 79.9. The summed E-state index contributed by atoms with van der Waals surface area (Å²) in [5, 5.41) is 0. The van der Waals surface area contributed by atoms with E-state index in [9.17, 15) is 9.59 Å². The number of esters is 2. The quantitative estimate of drug-likeness (QED) is 0.243. The molecule has 12 heteroatoms. The molecule has 0 unspecified atom stereocenters. The van der Waals surface area contributed by atoms with Gasteiger partial charge < -0.3 is 18.6 Å². The van der Waals surface area contributed by atoms with Gasteiger partial charge in [0.2, 0.25) is 0 Å². The summed E-state index contributed by atoms with van der Waals surface area (Å²) < 4.78 is 26.7. The number of hydrogen-bond acceptors (Lipinski definition) is 9. The topological polar surface area (TPSA) is 115 Å². The SMILES string of the molecule is CC(=O)O[C@@H]1[C@H](OC(C)=O)[C@H](n2cnc3c(Br)ncnc32)O[C@@H]1CO[Si](C(C)C)(C(C)C)C(C)C. The number of imidazole rings is 1. The van der Waals surface area contributed by atoms with E-state index in [1.54, 1.807) is 10.9 Å². The zero-order chi connectivity index (χ0) is 26.1. The number of halogens is 1. The van der Waals surface area contributed by atoms with E-state index in [4.69, 9.17) is 18.6 Å². The highest BCUT2D eigenvalue weighted by molar-refractivity contribution is 9.10. The van der Waals surface area contributed by atoms with Crippen LogP contribution in [0.4, 0.5) is 0 Å². The van der Waals surface area contributed by atoms with Gasteiger partial charge >= 0.3 is 11.9 Å². The van der Waals surface area contributed by atoms with E-state index in [1.807, 2.05) is 0 Å². The highest BCUT2D eigenvalue weighted by Gasteiger charge is 2.53. The molecule has 1 fully saturated rings. The first-order valence-corrected chi connectivity index (χ1v) is 14.8. The molecular weight excluding hydrogens is 536 g/mol. The molecule has 0 aliphatic carbocycles. The van der Waals surface area contributed by atoms with Gasteiger partial charge in [0.05, 0.1) is 12.9 Å². The van der Waals surface area contributed by atoms with Crippen molar-refractivity contribution in [2.45, 2.75) is 96.6 Å². The summed E-state index contributed by atoms with van der Waals surface area (Å²) in [5.74, 6) is -1.01. The van der Waals surface area contributed by atoms with Crippen LogP contribution in [0, 0.1) is 0 Å². The molecule has 0 radical (unpaired) electrons. The summed E-state index contributed by atoms with van der Waals surface area (Å²) in [5.41, 5.74) is 2.12. The van der Waals surface area contributed by atoms with Crippen LogP contribution in [-0.2, 0) is 28.2 Å². The van der Waals surface area contributed by atoms with Crippen LogP contribution < -0.4 is 0 Å². The minimum Gasteiger partial charge on any atom is -0.456 e. The molecule has 194 valence electrons. The third kappa shape index (κ3) is 5.45. The summed E-state index contributed by atoms with van der Waals surface area (Å²) in [6.45, 7) is 16.0. The molecule has 2 aromatic rings. The lowest BCUT2D eigenvalue weighted by molar-refractivity contribution is -0.165.